The fourth-order valence-electron chi connectivity index (χ4n) is 2.44. The summed E-state index contributed by atoms with van der Waals surface area (Å²) >= 11 is 0. The monoisotopic (exact) mass is 274 g/mol. The van der Waals surface area contributed by atoms with Crippen molar-refractivity contribution in [3.8, 4) is 0 Å². The molecule has 2 atom stereocenters. The molecular weight excluding hydrogens is 256 g/mol. The smallest absolute Gasteiger partial charge is 0.326 e. The zero-order valence-electron chi connectivity index (χ0n) is 11.3. The van der Waals surface area contributed by atoms with Gasteiger partial charge in [-0.05, 0) is 36.1 Å². The minimum atomic E-state index is -0.941. The van der Waals surface area contributed by atoms with Gasteiger partial charge in [0.2, 0.25) is 5.91 Å². The predicted molar refractivity (Wildman–Crippen MR) is 76.8 cm³/mol. The molecule has 0 aromatic heterocycles. The second-order valence-electron chi connectivity index (χ2n) is 5.08. The molecule has 1 amide bonds. The molecule has 106 valence electrons. The molecule has 0 spiro atoms. The molecule has 0 aliphatic carbocycles. The molecule has 1 aliphatic heterocycles. The third kappa shape index (κ3) is 2.99. The van der Waals surface area contributed by atoms with Gasteiger partial charge in [-0.2, -0.15) is 0 Å². The Labute approximate surface area is 117 Å². The van der Waals surface area contributed by atoms with Crippen molar-refractivity contribution in [2.24, 2.45) is 5.92 Å². The molecule has 0 radical (unpaired) electrons. The Morgan fingerprint density at radius 2 is 2.00 bits per heavy atom. The number of benzene rings is 1. The third-order valence-corrected chi connectivity index (χ3v) is 3.59. The largest absolute Gasteiger partial charge is 0.480 e. The maximum Gasteiger partial charge on any atom is 0.326 e. The topological polar surface area (TPSA) is 83.6 Å². The molecule has 0 bridgehead atoms. The third-order valence-electron chi connectivity index (χ3n) is 3.59. The number of anilines is 1. The first-order valence-electron chi connectivity index (χ1n) is 6.56. The van der Waals surface area contributed by atoms with E-state index >= 15 is 0 Å². The molecule has 2 rings (SSSR count). The highest BCUT2D eigenvalue weighted by Crippen LogP contribution is 2.24. The summed E-state index contributed by atoms with van der Waals surface area (Å²) < 4.78 is 0. The van der Waals surface area contributed by atoms with Crippen LogP contribution in [0.3, 0.4) is 0 Å². The summed E-state index contributed by atoms with van der Waals surface area (Å²) in [6.07, 6.45) is 3.81. The number of nitrogen functional groups attached to an aromatic ring is 1. The molecule has 20 heavy (non-hydrogen) atoms. The Morgan fingerprint density at radius 3 is 2.60 bits per heavy atom. The van der Waals surface area contributed by atoms with E-state index in [9.17, 15) is 14.7 Å². The number of carboxylic acids is 1. The van der Waals surface area contributed by atoms with E-state index in [0.717, 1.165) is 12.0 Å². The van der Waals surface area contributed by atoms with Gasteiger partial charge in [-0.15, -0.1) is 0 Å². The number of amides is 1. The summed E-state index contributed by atoms with van der Waals surface area (Å²) in [5.41, 5.74) is 7.10. The van der Waals surface area contributed by atoms with Gasteiger partial charge in [0.1, 0.15) is 6.04 Å². The number of hydrogen-bond donors (Lipinski definition) is 2. The molecule has 1 aromatic carbocycles. The lowest BCUT2D eigenvalue weighted by molar-refractivity contribution is -0.147. The number of carbonyl (C=O) groups is 2. The summed E-state index contributed by atoms with van der Waals surface area (Å²) in [5, 5.41) is 9.19. The van der Waals surface area contributed by atoms with Crippen LogP contribution >= 0.6 is 0 Å². The van der Waals surface area contributed by atoms with E-state index < -0.39 is 12.0 Å². The molecule has 5 nitrogen and oxygen atoms in total. The van der Waals surface area contributed by atoms with Gasteiger partial charge in [-0.25, -0.2) is 4.79 Å². The molecule has 1 saturated heterocycles. The molecule has 0 saturated carbocycles. The highest BCUT2D eigenvalue weighted by Gasteiger charge is 2.38. The first-order chi connectivity index (χ1) is 9.49. The van der Waals surface area contributed by atoms with Crippen LogP contribution in [0.25, 0.3) is 6.08 Å². The van der Waals surface area contributed by atoms with Crippen LogP contribution < -0.4 is 5.73 Å². The normalized spacial score (nSPS) is 22.4. The number of aliphatic carboxylic acids is 1. The number of carbonyl (C=O) groups excluding carboxylic acids is 1. The minimum absolute atomic E-state index is 0.0126. The van der Waals surface area contributed by atoms with Gasteiger partial charge < -0.3 is 15.7 Å². The highest BCUT2D eigenvalue weighted by atomic mass is 16.4. The number of carboxylic acid groups (broad SMARTS) is 1. The van der Waals surface area contributed by atoms with Crippen molar-refractivity contribution in [3.05, 3.63) is 35.9 Å². The van der Waals surface area contributed by atoms with Crippen LogP contribution in [0.15, 0.2) is 30.3 Å². The van der Waals surface area contributed by atoms with Crippen molar-refractivity contribution >= 4 is 23.6 Å². The van der Waals surface area contributed by atoms with Gasteiger partial charge in [-0.1, -0.05) is 19.1 Å². The van der Waals surface area contributed by atoms with Crippen molar-refractivity contribution in [2.45, 2.75) is 19.4 Å². The summed E-state index contributed by atoms with van der Waals surface area (Å²) in [4.78, 5) is 24.7. The molecule has 1 aliphatic rings. The Kier molecular flexibility index (Phi) is 4.08. The second-order valence-corrected chi connectivity index (χ2v) is 5.08. The lowest BCUT2D eigenvalue weighted by atomic mass is 10.0. The Balaban J connectivity index is 2.08. The fourth-order valence-corrected chi connectivity index (χ4v) is 2.44. The molecule has 5 heteroatoms. The molecule has 1 aromatic rings. The Morgan fingerprint density at radius 1 is 1.35 bits per heavy atom. The van der Waals surface area contributed by atoms with Crippen molar-refractivity contribution in [1.29, 1.82) is 0 Å². The Bertz CT molecular complexity index is 537. The van der Waals surface area contributed by atoms with E-state index in [4.69, 9.17) is 5.73 Å². The Hall–Kier alpha value is -2.30. The van der Waals surface area contributed by atoms with Crippen LogP contribution in [0.2, 0.25) is 0 Å². The number of rotatable bonds is 3. The maximum atomic E-state index is 12.1. The van der Waals surface area contributed by atoms with E-state index in [1.165, 1.54) is 11.0 Å². The summed E-state index contributed by atoms with van der Waals surface area (Å²) in [6, 6.07) is 6.39. The summed E-state index contributed by atoms with van der Waals surface area (Å²) in [5.74, 6) is -1.22. The van der Waals surface area contributed by atoms with Gasteiger partial charge in [0, 0.05) is 18.3 Å². The lowest BCUT2D eigenvalue weighted by Gasteiger charge is -2.21. The van der Waals surface area contributed by atoms with Crippen LogP contribution in [0.1, 0.15) is 18.9 Å². The second kappa shape index (κ2) is 5.77. The molecule has 2 unspecified atom stereocenters. The predicted octanol–water partition coefficient (Wildman–Crippen LogP) is 1.60. The minimum Gasteiger partial charge on any atom is -0.480 e. The van der Waals surface area contributed by atoms with Crippen molar-refractivity contribution in [3.63, 3.8) is 0 Å². The van der Waals surface area contributed by atoms with E-state index in [-0.39, 0.29) is 11.8 Å². The number of nitrogens with zero attached hydrogens (tertiary/aromatic N) is 1. The summed E-state index contributed by atoms with van der Waals surface area (Å²) in [7, 11) is 0. The van der Waals surface area contributed by atoms with Crippen LogP contribution in [-0.2, 0) is 9.59 Å². The van der Waals surface area contributed by atoms with Crippen LogP contribution in [0.4, 0.5) is 5.69 Å². The first kappa shape index (κ1) is 14.1. The van der Waals surface area contributed by atoms with Crippen molar-refractivity contribution in [1.82, 2.24) is 4.90 Å². The number of nitrogens with two attached hydrogens (primary N) is 1. The average Bonchev–Trinajstić information content (AvgIpc) is 2.80. The van der Waals surface area contributed by atoms with Gasteiger partial charge in [0.15, 0.2) is 0 Å². The van der Waals surface area contributed by atoms with Crippen molar-refractivity contribution in [2.75, 3.05) is 12.3 Å². The van der Waals surface area contributed by atoms with E-state index in [2.05, 4.69) is 0 Å². The average molecular weight is 274 g/mol. The molecular formula is C15H18N2O3. The van der Waals surface area contributed by atoms with Crippen molar-refractivity contribution < 1.29 is 14.7 Å². The standard InChI is InChI=1S/C15H18N2O3/c1-10-8-9-17(14(10)15(19)20)13(18)7-4-11-2-5-12(16)6-3-11/h2-7,10,14H,8-9,16H2,1H3,(H,19,20)/b7-4+. The van der Waals surface area contributed by atoms with Crippen LogP contribution in [0, 0.1) is 5.92 Å². The van der Waals surface area contributed by atoms with Gasteiger partial charge in [0.25, 0.3) is 0 Å². The van der Waals surface area contributed by atoms with Gasteiger partial charge in [0.05, 0.1) is 0 Å². The maximum absolute atomic E-state index is 12.1. The fraction of sp³-hybridized carbons (Fsp3) is 0.333. The van der Waals surface area contributed by atoms with E-state index in [1.54, 1.807) is 30.3 Å². The molecule has 1 heterocycles. The van der Waals surface area contributed by atoms with Gasteiger partial charge >= 0.3 is 5.97 Å². The SMILES string of the molecule is CC1CCN(C(=O)/C=C/c2ccc(N)cc2)C1C(=O)O. The molecule has 3 N–H and O–H groups in total. The zero-order valence-corrected chi connectivity index (χ0v) is 11.3. The zero-order chi connectivity index (χ0) is 14.7. The summed E-state index contributed by atoms with van der Waals surface area (Å²) in [6.45, 7) is 2.35. The quantitative estimate of drug-likeness (QED) is 0.648. The molecule has 1 fully saturated rings. The van der Waals surface area contributed by atoms with E-state index in [1.807, 2.05) is 6.92 Å². The highest BCUT2D eigenvalue weighted by molar-refractivity contribution is 5.94. The lowest BCUT2D eigenvalue weighted by Crippen LogP contribution is -2.42. The van der Waals surface area contributed by atoms with Gasteiger partial charge in [-0.3, -0.25) is 4.79 Å². The van der Waals surface area contributed by atoms with E-state index in [0.29, 0.717) is 12.2 Å². The number of likely N-dealkylation sites (tertiary alicyclic amines) is 1. The number of hydrogen-bond acceptors (Lipinski definition) is 3. The van der Waals surface area contributed by atoms with Crippen LogP contribution in [0.5, 0.6) is 0 Å². The van der Waals surface area contributed by atoms with Crippen LogP contribution in [-0.4, -0.2) is 34.5 Å². The first-order valence-corrected chi connectivity index (χ1v) is 6.56.